The van der Waals surface area contributed by atoms with Crippen molar-refractivity contribution >= 4 is 16.2 Å². The summed E-state index contributed by atoms with van der Waals surface area (Å²) in [5.41, 5.74) is 1.72. The van der Waals surface area contributed by atoms with Crippen LogP contribution < -0.4 is 0 Å². The van der Waals surface area contributed by atoms with Crippen molar-refractivity contribution in [1.29, 1.82) is 0 Å². The minimum absolute atomic E-state index is 0.330. The zero-order valence-electron chi connectivity index (χ0n) is 8.06. The fraction of sp³-hybridized carbons (Fsp3) is 0.300. The molecule has 0 spiro atoms. The van der Waals surface area contributed by atoms with E-state index in [-0.39, 0.29) is 0 Å². The van der Waals surface area contributed by atoms with E-state index in [1.165, 1.54) is 6.21 Å². The van der Waals surface area contributed by atoms with Crippen molar-refractivity contribution in [3.8, 4) is 0 Å². The summed E-state index contributed by atoms with van der Waals surface area (Å²) in [4.78, 5) is 0.337. The van der Waals surface area contributed by atoms with Gasteiger partial charge in [0.25, 0.3) is 10.0 Å². The molecular weight excluding hydrogens is 198 g/mol. The molecular formula is C10H11NO2S. The van der Waals surface area contributed by atoms with E-state index in [4.69, 9.17) is 0 Å². The molecule has 0 bridgehead atoms. The average molecular weight is 209 g/mol. The number of hydrogen-bond acceptors (Lipinski definition) is 2. The number of benzene rings is 1. The maximum Gasteiger partial charge on any atom is 0.282 e. The van der Waals surface area contributed by atoms with Gasteiger partial charge in [0.2, 0.25) is 0 Å². The van der Waals surface area contributed by atoms with Crippen LogP contribution in [0.5, 0.6) is 0 Å². The molecule has 1 heterocycles. The van der Waals surface area contributed by atoms with Crippen molar-refractivity contribution in [1.82, 2.24) is 0 Å². The summed E-state index contributed by atoms with van der Waals surface area (Å²) >= 11 is 0. The van der Waals surface area contributed by atoms with Gasteiger partial charge >= 0.3 is 0 Å². The Kier molecular flexibility index (Phi) is 1.96. The van der Waals surface area contributed by atoms with Crippen LogP contribution in [0.2, 0.25) is 0 Å². The van der Waals surface area contributed by atoms with Gasteiger partial charge in [-0.15, -0.1) is 0 Å². The third-order valence-corrected chi connectivity index (χ3v) is 3.61. The lowest BCUT2D eigenvalue weighted by molar-refractivity contribution is 0.599. The number of sulfonamides is 1. The van der Waals surface area contributed by atoms with Crippen molar-refractivity contribution < 1.29 is 8.42 Å². The standard InChI is InChI=1S/C10H11NO2S/c1-7(2)8-3-4-9-6-11-14(12,13)10(9)5-8/h3-7H,1-2H3. The lowest BCUT2D eigenvalue weighted by Gasteiger charge is -2.06. The molecule has 0 saturated heterocycles. The van der Waals surface area contributed by atoms with Gasteiger partial charge in [-0.2, -0.15) is 12.8 Å². The van der Waals surface area contributed by atoms with Crippen LogP contribution in [-0.2, 0) is 10.0 Å². The number of rotatable bonds is 1. The van der Waals surface area contributed by atoms with Crippen LogP contribution in [0.1, 0.15) is 30.9 Å². The van der Waals surface area contributed by atoms with Gasteiger partial charge in [0.05, 0.1) is 4.90 Å². The van der Waals surface area contributed by atoms with E-state index in [2.05, 4.69) is 4.40 Å². The van der Waals surface area contributed by atoms with Crippen LogP contribution >= 0.6 is 0 Å². The molecule has 0 aliphatic carbocycles. The van der Waals surface area contributed by atoms with Crippen LogP contribution in [0.25, 0.3) is 0 Å². The molecule has 0 unspecified atom stereocenters. The summed E-state index contributed by atoms with van der Waals surface area (Å²) in [6.07, 6.45) is 1.40. The number of hydrogen-bond donors (Lipinski definition) is 0. The van der Waals surface area contributed by atoms with Gasteiger partial charge in [0, 0.05) is 11.8 Å². The van der Waals surface area contributed by atoms with E-state index < -0.39 is 10.0 Å². The van der Waals surface area contributed by atoms with Crippen molar-refractivity contribution in [2.24, 2.45) is 4.40 Å². The Morgan fingerprint density at radius 2 is 2.00 bits per heavy atom. The van der Waals surface area contributed by atoms with Crippen molar-refractivity contribution in [2.75, 3.05) is 0 Å². The van der Waals surface area contributed by atoms with Crippen LogP contribution in [0.3, 0.4) is 0 Å². The maximum absolute atomic E-state index is 11.4. The molecule has 3 nitrogen and oxygen atoms in total. The molecule has 0 fully saturated rings. The van der Waals surface area contributed by atoms with Gasteiger partial charge in [-0.1, -0.05) is 26.0 Å². The van der Waals surface area contributed by atoms with Crippen LogP contribution in [0, 0.1) is 0 Å². The minimum atomic E-state index is -3.39. The van der Waals surface area contributed by atoms with E-state index in [0.29, 0.717) is 16.4 Å². The molecule has 0 saturated carbocycles. The summed E-state index contributed by atoms with van der Waals surface area (Å²) in [5.74, 6) is 0.330. The van der Waals surface area contributed by atoms with Crippen molar-refractivity contribution in [3.05, 3.63) is 29.3 Å². The monoisotopic (exact) mass is 209 g/mol. The lowest BCUT2D eigenvalue weighted by Crippen LogP contribution is -1.96. The van der Waals surface area contributed by atoms with Gasteiger partial charge in [0.15, 0.2) is 0 Å². The predicted molar refractivity (Wildman–Crippen MR) is 55.3 cm³/mol. The predicted octanol–water partition coefficient (Wildman–Crippen LogP) is 1.93. The molecule has 4 heteroatoms. The Bertz CT molecular complexity index is 501. The first-order valence-corrected chi connectivity index (χ1v) is 5.89. The Labute approximate surface area is 83.5 Å². The second kappa shape index (κ2) is 2.92. The first-order valence-electron chi connectivity index (χ1n) is 4.45. The Morgan fingerprint density at radius 3 is 2.64 bits per heavy atom. The Hall–Kier alpha value is -1.16. The summed E-state index contributed by atoms with van der Waals surface area (Å²) in [5, 5.41) is 0. The highest BCUT2D eigenvalue weighted by Crippen LogP contribution is 2.26. The van der Waals surface area contributed by atoms with Crippen LogP contribution in [0.4, 0.5) is 0 Å². The molecule has 1 aromatic rings. The molecule has 14 heavy (non-hydrogen) atoms. The topological polar surface area (TPSA) is 46.5 Å². The second-order valence-corrected chi connectivity index (χ2v) is 5.26. The largest absolute Gasteiger partial charge is 0.282 e. The summed E-state index contributed by atoms with van der Waals surface area (Å²) < 4.78 is 26.3. The SMILES string of the molecule is CC(C)c1ccc2c(c1)S(=O)(=O)N=C2. The van der Waals surface area contributed by atoms with Crippen molar-refractivity contribution in [3.63, 3.8) is 0 Å². The fourth-order valence-electron chi connectivity index (χ4n) is 1.42. The smallest absolute Gasteiger partial charge is 0.199 e. The van der Waals surface area contributed by atoms with Gasteiger partial charge in [-0.3, -0.25) is 0 Å². The van der Waals surface area contributed by atoms with Crippen molar-refractivity contribution in [2.45, 2.75) is 24.7 Å². The molecule has 1 aliphatic rings. The summed E-state index contributed by atoms with van der Waals surface area (Å²) in [7, 11) is -3.39. The molecule has 0 aromatic heterocycles. The molecule has 0 atom stereocenters. The van der Waals surface area contributed by atoms with E-state index in [1.54, 1.807) is 12.1 Å². The molecule has 74 valence electrons. The lowest BCUT2D eigenvalue weighted by atomic mass is 10.0. The molecule has 0 N–H and O–H groups in total. The zero-order valence-corrected chi connectivity index (χ0v) is 8.88. The third-order valence-electron chi connectivity index (χ3n) is 2.31. The normalized spacial score (nSPS) is 17.4. The van der Waals surface area contributed by atoms with Gasteiger partial charge in [-0.05, 0) is 17.5 Å². The number of nitrogens with zero attached hydrogens (tertiary/aromatic N) is 1. The van der Waals surface area contributed by atoms with E-state index >= 15 is 0 Å². The van der Waals surface area contributed by atoms with E-state index in [9.17, 15) is 8.42 Å². The van der Waals surface area contributed by atoms with E-state index in [0.717, 1.165) is 5.56 Å². The molecule has 0 radical (unpaired) electrons. The fourth-order valence-corrected chi connectivity index (χ4v) is 2.49. The first kappa shape index (κ1) is 9.40. The molecule has 1 aliphatic heterocycles. The van der Waals surface area contributed by atoms with Crippen LogP contribution in [0.15, 0.2) is 27.5 Å². The average Bonchev–Trinajstić information content (AvgIpc) is 2.42. The van der Waals surface area contributed by atoms with Gasteiger partial charge < -0.3 is 0 Å². The highest BCUT2D eigenvalue weighted by Gasteiger charge is 2.22. The first-order chi connectivity index (χ1) is 6.50. The third kappa shape index (κ3) is 1.35. The Balaban J connectivity index is 2.63. The van der Waals surface area contributed by atoms with E-state index in [1.807, 2.05) is 19.9 Å². The summed E-state index contributed by atoms with van der Waals surface area (Å²) in [6.45, 7) is 4.06. The quantitative estimate of drug-likeness (QED) is 0.709. The van der Waals surface area contributed by atoms with Gasteiger partial charge in [0.1, 0.15) is 0 Å². The maximum atomic E-state index is 11.4. The second-order valence-electron chi connectivity index (χ2n) is 3.66. The minimum Gasteiger partial charge on any atom is -0.199 e. The van der Waals surface area contributed by atoms with Gasteiger partial charge in [-0.25, -0.2) is 0 Å². The molecule has 1 aromatic carbocycles. The summed E-state index contributed by atoms with van der Waals surface area (Å²) in [6, 6.07) is 5.46. The molecule has 2 rings (SSSR count). The Morgan fingerprint density at radius 1 is 1.29 bits per heavy atom. The number of fused-ring (bicyclic) bond motifs is 1. The van der Waals surface area contributed by atoms with Crippen LogP contribution in [-0.4, -0.2) is 14.6 Å². The highest BCUT2D eigenvalue weighted by molar-refractivity contribution is 7.90. The highest BCUT2D eigenvalue weighted by atomic mass is 32.2. The zero-order chi connectivity index (χ0) is 10.3. The molecule has 0 amide bonds.